The van der Waals surface area contributed by atoms with Gasteiger partial charge in [-0.3, -0.25) is 24.7 Å². The van der Waals surface area contributed by atoms with E-state index in [1.54, 1.807) is 12.4 Å². The Bertz CT molecular complexity index is 4340. The smallest absolute Gasteiger partial charge is 0.170 e. The first kappa shape index (κ1) is 54.3. The van der Waals surface area contributed by atoms with E-state index >= 15 is 0 Å². The fourth-order valence-corrected chi connectivity index (χ4v) is 8.32. The molecule has 7 aromatic carbocycles. The van der Waals surface area contributed by atoms with Gasteiger partial charge in [0.25, 0.3) is 0 Å². The highest BCUT2D eigenvalue weighted by Crippen LogP contribution is 2.15. The average Bonchev–Trinajstić information content (AvgIpc) is 4.41. The van der Waals surface area contributed by atoms with Crippen LogP contribution in [0.1, 0.15) is 53.0 Å². The molecule has 14 rings (SSSR count). The molecule has 0 radical (unpaired) electrons. The number of aldehydes is 1. The number of carbonyl (C=O) groups is 1. The van der Waals surface area contributed by atoms with Crippen molar-refractivity contribution in [2.75, 3.05) is 0 Å². The molecule has 0 aliphatic rings. The molecule has 14 aromatic rings. The van der Waals surface area contributed by atoms with Crippen molar-refractivity contribution >= 4 is 62.6 Å². The number of nitrogens with zero attached hydrogens (tertiary/aromatic N) is 14. The van der Waals surface area contributed by atoms with E-state index in [2.05, 4.69) is 68.2 Å². The van der Waals surface area contributed by atoms with Crippen molar-refractivity contribution < 1.29 is 6.22 Å². The summed E-state index contributed by atoms with van der Waals surface area (Å²) in [6.45, 7) is 4.05. The maximum Gasteiger partial charge on any atom is 0.170 e. The van der Waals surface area contributed by atoms with Crippen molar-refractivity contribution in [2.45, 2.75) is 33.1 Å². The van der Waals surface area contributed by atoms with Gasteiger partial charge in [0, 0.05) is 32.4 Å². The highest BCUT2D eigenvalue weighted by atomic mass is 16.1. The highest BCUT2D eigenvalue weighted by Gasteiger charge is 2.06. The minimum Gasteiger partial charge on any atom is -0.296 e. The van der Waals surface area contributed by atoms with E-state index in [-0.39, 0.29) is 1.43 Å². The van der Waals surface area contributed by atoms with Crippen LogP contribution >= 0.6 is 0 Å². The molecule has 0 saturated carbocycles. The third kappa shape index (κ3) is 14.9. The predicted octanol–water partition coefficient (Wildman–Crippen LogP) is 13.6. The second-order valence-electron chi connectivity index (χ2n) is 18.4. The van der Waals surface area contributed by atoms with Crippen molar-refractivity contribution in [1.82, 2.24) is 69.2 Å². The van der Waals surface area contributed by atoms with Crippen molar-refractivity contribution in [3.8, 4) is 17.1 Å². The summed E-state index contributed by atoms with van der Waals surface area (Å²) in [6.07, 6.45) is 20.1. The minimum absolute atomic E-state index is 0. The lowest BCUT2D eigenvalue weighted by molar-refractivity contribution is 0.111. The molecule has 0 saturated heterocycles. The zero-order valence-electron chi connectivity index (χ0n) is 45.2. The van der Waals surface area contributed by atoms with E-state index in [1.165, 1.54) is 6.20 Å². The summed E-state index contributed by atoms with van der Waals surface area (Å²) in [4.78, 5) is 45.1. The van der Waals surface area contributed by atoms with Gasteiger partial charge in [0.2, 0.25) is 0 Å². The molecule has 7 aromatic heterocycles. The number of hydrogen-bond acceptors (Lipinski definition) is 12. The summed E-state index contributed by atoms with van der Waals surface area (Å²) < 4.78 is 5.66. The maximum absolute atomic E-state index is 10.3. The number of aromatic nitrogens is 14. The number of fused-ring (bicyclic) bond motifs is 4. The standard InChI is InChI=1S/C19H16N4.C19H14N4.C11H12N2.C9H6N2O.C9H8N2.H2/c2*1-2-6-17(7-3-1)23-13-12-15(22-23)10-11-16-14-20-18-8-4-5-9-19(18)21-16;1-2-10-8-9-13(12-10)11-6-4-3-5-7-11;12-6-7-5-10-8-3-1-2-4-9(8)11-7;1-7-6-10-8-4-2-3-5-9(8)11-7;/h1-9,12-14H,10-11H2;1-14H;3-9H,2H2,1H3;1-6H;2-6H,1H3;1H. The average molecular weight is 1080 g/mol. The van der Waals surface area contributed by atoms with E-state index in [0.717, 1.165) is 115 Å². The molecule has 0 aliphatic heterocycles. The molecule has 82 heavy (non-hydrogen) atoms. The van der Waals surface area contributed by atoms with Crippen molar-refractivity contribution in [2.24, 2.45) is 0 Å². The van der Waals surface area contributed by atoms with Crippen LogP contribution in [0.15, 0.2) is 250 Å². The van der Waals surface area contributed by atoms with Crippen LogP contribution in [0.4, 0.5) is 0 Å². The van der Waals surface area contributed by atoms with Crippen molar-refractivity contribution in [1.29, 1.82) is 0 Å². The molecule has 0 aliphatic carbocycles. The van der Waals surface area contributed by atoms with Crippen LogP contribution in [-0.4, -0.2) is 75.5 Å². The van der Waals surface area contributed by atoms with Crippen molar-refractivity contribution in [3.63, 3.8) is 0 Å². The Morgan fingerprint density at radius 3 is 1.24 bits per heavy atom. The van der Waals surface area contributed by atoms with E-state index in [1.807, 2.05) is 258 Å². The SMILES string of the molecule is C(=Cc1ccn(-c2ccccc2)n1)c1cnc2ccccc2n1.CCc1ccn(-c2ccccc2)n1.Cc1cnc2ccccc2n1.O=Cc1cnc2ccccc2n1.[HH].c1ccc(-n2ccc(CCc3cnc4ccccc4n3)n2)cc1. The molecule has 0 unspecified atom stereocenters. The van der Waals surface area contributed by atoms with Gasteiger partial charge in [0.15, 0.2) is 6.29 Å². The molecule has 402 valence electrons. The zero-order valence-corrected chi connectivity index (χ0v) is 45.2. The summed E-state index contributed by atoms with van der Waals surface area (Å²) in [5.74, 6) is 0. The first-order chi connectivity index (χ1) is 40.4. The van der Waals surface area contributed by atoms with E-state index < -0.39 is 0 Å². The number of hydrogen-bond donors (Lipinski definition) is 0. The Balaban J connectivity index is 0.000000129. The first-order valence-electron chi connectivity index (χ1n) is 26.7. The Morgan fingerprint density at radius 2 is 0.732 bits per heavy atom. The van der Waals surface area contributed by atoms with Crippen molar-refractivity contribution in [3.05, 3.63) is 289 Å². The molecule has 15 nitrogen and oxygen atoms in total. The molecule has 15 heteroatoms. The number of benzene rings is 7. The molecular formula is C67H58N14O. The molecule has 0 N–H and O–H groups in total. The molecule has 0 fully saturated rings. The van der Waals surface area contributed by atoms with E-state index in [9.17, 15) is 4.79 Å². The number of rotatable bonds is 10. The normalized spacial score (nSPS) is 10.7. The Kier molecular flexibility index (Phi) is 18.2. The van der Waals surface area contributed by atoms with Crippen LogP contribution in [0.3, 0.4) is 0 Å². The van der Waals surface area contributed by atoms with Crippen LogP contribution in [0, 0.1) is 6.92 Å². The van der Waals surface area contributed by atoms with Gasteiger partial charge in [-0.05, 0) is 141 Å². The van der Waals surface area contributed by atoms with Gasteiger partial charge in [-0.2, -0.15) is 15.3 Å². The third-order valence-electron chi connectivity index (χ3n) is 12.5. The van der Waals surface area contributed by atoms with Crippen LogP contribution in [0.5, 0.6) is 0 Å². The Labute approximate surface area is 475 Å². The van der Waals surface area contributed by atoms with Crippen LogP contribution in [0.2, 0.25) is 0 Å². The van der Waals surface area contributed by atoms with Crippen LogP contribution < -0.4 is 0 Å². The maximum atomic E-state index is 10.3. The number of carbonyl (C=O) groups excluding carboxylic acids is 1. The van der Waals surface area contributed by atoms with Gasteiger partial charge >= 0.3 is 0 Å². The second-order valence-corrected chi connectivity index (χ2v) is 18.4. The zero-order chi connectivity index (χ0) is 56.1. The predicted molar refractivity (Wildman–Crippen MR) is 327 cm³/mol. The molecule has 0 spiro atoms. The van der Waals surface area contributed by atoms with Gasteiger partial charge in [0.05, 0.1) is 108 Å². The first-order valence-corrected chi connectivity index (χ1v) is 26.7. The highest BCUT2D eigenvalue weighted by molar-refractivity contribution is 5.80. The lowest BCUT2D eigenvalue weighted by Crippen LogP contribution is -1.99. The molecule has 0 amide bonds. The number of aryl methyl sites for hydroxylation is 4. The third-order valence-corrected chi connectivity index (χ3v) is 12.5. The van der Waals surface area contributed by atoms with Gasteiger partial charge in [0.1, 0.15) is 5.69 Å². The Hall–Kier alpha value is -11.1. The lowest BCUT2D eigenvalue weighted by Gasteiger charge is -2.02. The van der Waals surface area contributed by atoms with E-state index in [4.69, 9.17) is 0 Å². The summed E-state index contributed by atoms with van der Waals surface area (Å²) in [5, 5.41) is 13.6. The summed E-state index contributed by atoms with van der Waals surface area (Å²) in [7, 11) is 0. The quantitative estimate of drug-likeness (QED) is 0.119. The van der Waals surface area contributed by atoms with Gasteiger partial charge in [-0.1, -0.05) is 110 Å². The number of para-hydroxylation sites is 11. The monoisotopic (exact) mass is 1070 g/mol. The minimum atomic E-state index is 0. The molecular weight excluding hydrogens is 1020 g/mol. The largest absolute Gasteiger partial charge is 0.296 e. The van der Waals surface area contributed by atoms with Gasteiger partial charge in [-0.25, -0.2) is 34.0 Å². The summed E-state index contributed by atoms with van der Waals surface area (Å²) in [5.41, 5.74) is 16.6. The second kappa shape index (κ2) is 27.5. The van der Waals surface area contributed by atoms with Gasteiger partial charge < -0.3 is 0 Å². The topological polar surface area (TPSA) is 174 Å². The van der Waals surface area contributed by atoms with Crippen LogP contribution in [0.25, 0.3) is 73.3 Å². The summed E-state index contributed by atoms with van der Waals surface area (Å²) >= 11 is 0. The lowest BCUT2D eigenvalue weighted by atomic mass is 10.2. The van der Waals surface area contributed by atoms with Crippen LogP contribution in [-0.2, 0) is 19.3 Å². The van der Waals surface area contributed by atoms with E-state index in [0.29, 0.717) is 12.0 Å². The van der Waals surface area contributed by atoms with Gasteiger partial charge in [-0.15, -0.1) is 0 Å². The Morgan fingerprint density at radius 1 is 0.354 bits per heavy atom. The summed E-state index contributed by atoms with van der Waals surface area (Å²) in [6, 6.07) is 67.5. The molecule has 0 atom stereocenters. The molecule has 7 heterocycles. The molecule has 0 bridgehead atoms. The fraction of sp³-hybridized carbons (Fsp3) is 0.0746. The fourth-order valence-electron chi connectivity index (χ4n) is 8.32.